The van der Waals surface area contributed by atoms with Crippen molar-refractivity contribution in [3.8, 4) is 0 Å². The molecule has 1 aliphatic heterocycles. The largest absolute Gasteiger partial charge is 0.478 e. The van der Waals surface area contributed by atoms with Crippen LogP contribution in [-0.2, 0) is 4.79 Å². The minimum atomic E-state index is -0.858. The van der Waals surface area contributed by atoms with Gasteiger partial charge in [0.05, 0.1) is 0 Å². The maximum Gasteiger partial charge on any atom is 0.328 e. The van der Waals surface area contributed by atoms with E-state index in [-0.39, 0.29) is 0 Å². The number of aliphatic carboxylic acids is 1. The van der Waals surface area contributed by atoms with Crippen LogP contribution in [0.15, 0.2) is 11.6 Å². The number of carboxylic acids is 1. The summed E-state index contributed by atoms with van der Waals surface area (Å²) in [4.78, 5) is 15.1. The van der Waals surface area contributed by atoms with Gasteiger partial charge in [0.25, 0.3) is 0 Å². The Labute approximate surface area is 97.5 Å². The van der Waals surface area contributed by atoms with Gasteiger partial charge in [0, 0.05) is 25.2 Å². The Morgan fingerprint density at radius 2 is 2.31 bits per heavy atom. The SMILES string of the molecule is CC(=CC(=O)O)CN(C)CC1CCCN1C. The van der Waals surface area contributed by atoms with E-state index < -0.39 is 5.97 Å². The van der Waals surface area contributed by atoms with E-state index in [1.54, 1.807) is 0 Å². The van der Waals surface area contributed by atoms with Crippen molar-refractivity contribution in [1.82, 2.24) is 9.80 Å². The third kappa shape index (κ3) is 4.33. The highest BCUT2D eigenvalue weighted by Gasteiger charge is 2.21. The van der Waals surface area contributed by atoms with Crippen molar-refractivity contribution in [2.45, 2.75) is 25.8 Å². The Morgan fingerprint density at radius 3 is 2.81 bits per heavy atom. The molecular formula is C12H22N2O2. The standard InChI is InChI=1S/C12H22N2O2/c1-10(7-12(15)16)8-13(2)9-11-5-4-6-14(11)3/h7,11H,4-6,8-9H2,1-3H3,(H,15,16). The molecule has 4 heteroatoms. The van der Waals surface area contributed by atoms with Crippen molar-refractivity contribution in [3.63, 3.8) is 0 Å². The van der Waals surface area contributed by atoms with Gasteiger partial charge in [-0.05, 0) is 40.4 Å². The van der Waals surface area contributed by atoms with E-state index in [9.17, 15) is 4.79 Å². The first-order chi connectivity index (χ1) is 7.49. The van der Waals surface area contributed by atoms with Gasteiger partial charge in [0.15, 0.2) is 0 Å². The molecule has 0 aromatic carbocycles. The molecule has 1 heterocycles. The molecule has 0 aliphatic carbocycles. The molecule has 0 spiro atoms. The summed E-state index contributed by atoms with van der Waals surface area (Å²) >= 11 is 0. The molecule has 1 saturated heterocycles. The lowest BCUT2D eigenvalue weighted by Crippen LogP contribution is -2.37. The normalized spacial score (nSPS) is 23.0. The maximum atomic E-state index is 10.5. The van der Waals surface area contributed by atoms with Crippen LogP contribution < -0.4 is 0 Å². The number of carbonyl (C=O) groups is 1. The quantitative estimate of drug-likeness (QED) is 0.711. The predicted octanol–water partition coefficient (Wildman–Crippen LogP) is 1.04. The molecule has 1 unspecified atom stereocenters. The number of likely N-dealkylation sites (tertiary alicyclic amines) is 1. The summed E-state index contributed by atoms with van der Waals surface area (Å²) in [5.41, 5.74) is 0.899. The van der Waals surface area contributed by atoms with Gasteiger partial charge in [-0.3, -0.25) is 0 Å². The Hall–Kier alpha value is -0.870. The zero-order chi connectivity index (χ0) is 12.1. The van der Waals surface area contributed by atoms with Gasteiger partial charge in [-0.15, -0.1) is 0 Å². The van der Waals surface area contributed by atoms with E-state index in [1.165, 1.54) is 25.5 Å². The number of nitrogens with zero attached hydrogens (tertiary/aromatic N) is 2. The van der Waals surface area contributed by atoms with Crippen molar-refractivity contribution in [2.75, 3.05) is 33.7 Å². The van der Waals surface area contributed by atoms with Crippen LogP contribution in [0.1, 0.15) is 19.8 Å². The summed E-state index contributed by atoms with van der Waals surface area (Å²) in [6, 6.07) is 0.627. The molecule has 0 aromatic rings. The van der Waals surface area contributed by atoms with Crippen molar-refractivity contribution < 1.29 is 9.90 Å². The molecule has 1 rings (SSSR count). The molecule has 1 N–H and O–H groups in total. The lowest BCUT2D eigenvalue weighted by Gasteiger charge is -2.25. The molecule has 16 heavy (non-hydrogen) atoms. The Kier molecular flexibility index (Phi) is 4.96. The zero-order valence-electron chi connectivity index (χ0n) is 10.4. The van der Waals surface area contributed by atoms with Gasteiger partial charge in [-0.1, -0.05) is 5.57 Å². The average Bonchev–Trinajstić information content (AvgIpc) is 2.49. The van der Waals surface area contributed by atoms with Gasteiger partial charge >= 0.3 is 5.97 Å². The Balaban J connectivity index is 2.35. The summed E-state index contributed by atoms with van der Waals surface area (Å²) in [5.74, 6) is -0.858. The second kappa shape index (κ2) is 6.01. The van der Waals surface area contributed by atoms with Crippen LogP contribution in [0, 0.1) is 0 Å². The van der Waals surface area contributed by atoms with Crippen LogP contribution in [0.4, 0.5) is 0 Å². The van der Waals surface area contributed by atoms with Gasteiger partial charge in [-0.25, -0.2) is 4.79 Å². The van der Waals surface area contributed by atoms with E-state index in [0.717, 1.165) is 18.7 Å². The van der Waals surface area contributed by atoms with E-state index in [2.05, 4.69) is 16.8 Å². The van der Waals surface area contributed by atoms with Crippen molar-refractivity contribution in [2.24, 2.45) is 0 Å². The molecule has 1 aliphatic rings. The first-order valence-corrected chi connectivity index (χ1v) is 5.78. The van der Waals surface area contributed by atoms with E-state index in [1.807, 2.05) is 14.0 Å². The van der Waals surface area contributed by atoms with Crippen molar-refractivity contribution >= 4 is 5.97 Å². The van der Waals surface area contributed by atoms with Gasteiger partial charge in [-0.2, -0.15) is 0 Å². The first kappa shape index (κ1) is 13.2. The number of likely N-dealkylation sites (N-methyl/N-ethyl adjacent to an activating group) is 2. The van der Waals surface area contributed by atoms with Crippen molar-refractivity contribution in [1.29, 1.82) is 0 Å². The van der Waals surface area contributed by atoms with Crippen molar-refractivity contribution in [3.05, 3.63) is 11.6 Å². The molecule has 1 fully saturated rings. The van der Waals surface area contributed by atoms with Gasteiger partial charge in [0.2, 0.25) is 0 Å². The molecule has 0 radical (unpaired) electrons. The monoisotopic (exact) mass is 226 g/mol. The highest BCUT2D eigenvalue weighted by atomic mass is 16.4. The fourth-order valence-electron chi connectivity index (χ4n) is 2.32. The van der Waals surface area contributed by atoms with Gasteiger partial charge in [0.1, 0.15) is 0 Å². The minimum absolute atomic E-state index is 0.627. The fourth-order valence-corrected chi connectivity index (χ4v) is 2.32. The Morgan fingerprint density at radius 1 is 1.62 bits per heavy atom. The van der Waals surface area contributed by atoms with E-state index in [4.69, 9.17) is 5.11 Å². The number of rotatable bonds is 5. The average molecular weight is 226 g/mol. The Bertz CT molecular complexity index is 276. The molecular weight excluding hydrogens is 204 g/mol. The third-order valence-corrected chi connectivity index (χ3v) is 3.08. The predicted molar refractivity (Wildman–Crippen MR) is 64.5 cm³/mol. The second-order valence-corrected chi connectivity index (χ2v) is 4.80. The second-order valence-electron chi connectivity index (χ2n) is 4.80. The summed E-state index contributed by atoms with van der Waals surface area (Å²) in [6.07, 6.45) is 3.82. The summed E-state index contributed by atoms with van der Waals surface area (Å²) in [6.45, 7) is 4.80. The number of hydrogen-bond donors (Lipinski definition) is 1. The topological polar surface area (TPSA) is 43.8 Å². The summed E-state index contributed by atoms with van der Waals surface area (Å²) < 4.78 is 0. The lowest BCUT2D eigenvalue weighted by atomic mass is 10.2. The molecule has 1 atom stereocenters. The van der Waals surface area contributed by atoms with Crippen LogP contribution in [0.3, 0.4) is 0 Å². The highest BCUT2D eigenvalue weighted by Crippen LogP contribution is 2.15. The van der Waals surface area contributed by atoms with E-state index in [0.29, 0.717) is 6.04 Å². The van der Waals surface area contributed by atoms with Crippen LogP contribution >= 0.6 is 0 Å². The number of hydrogen-bond acceptors (Lipinski definition) is 3. The molecule has 0 amide bonds. The van der Waals surface area contributed by atoms with Crippen LogP contribution in [0.5, 0.6) is 0 Å². The summed E-state index contributed by atoms with van der Waals surface area (Å²) in [7, 11) is 4.21. The number of carboxylic acid groups (broad SMARTS) is 1. The zero-order valence-corrected chi connectivity index (χ0v) is 10.4. The molecule has 0 bridgehead atoms. The van der Waals surface area contributed by atoms with Gasteiger partial charge < -0.3 is 14.9 Å². The smallest absolute Gasteiger partial charge is 0.328 e. The molecule has 4 nitrogen and oxygen atoms in total. The molecule has 0 aromatic heterocycles. The van der Waals surface area contributed by atoms with Crippen LogP contribution in [-0.4, -0.2) is 60.6 Å². The summed E-state index contributed by atoms with van der Waals surface area (Å²) in [5, 5.41) is 8.62. The third-order valence-electron chi connectivity index (χ3n) is 3.08. The maximum absolute atomic E-state index is 10.5. The molecule has 92 valence electrons. The van der Waals surface area contributed by atoms with Crippen LogP contribution in [0.2, 0.25) is 0 Å². The van der Waals surface area contributed by atoms with E-state index >= 15 is 0 Å². The minimum Gasteiger partial charge on any atom is -0.478 e. The van der Waals surface area contributed by atoms with Crippen LogP contribution in [0.25, 0.3) is 0 Å². The fraction of sp³-hybridized carbons (Fsp3) is 0.750. The molecule has 0 saturated carbocycles. The lowest BCUT2D eigenvalue weighted by molar-refractivity contribution is -0.131. The highest BCUT2D eigenvalue weighted by molar-refractivity contribution is 5.80. The first-order valence-electron chi connectivity index (χ1n) is 5.78.